The molecule has 4 aromatic carbocycles. The number of aryl methyl sites for hydroxylation is 2. The molecule has 48 heavy (non-hydrogen) atoms. The lowest BCUT2D eigenvalue weighted by Crippen LogP contribution is -2.04. The number of benzene rings is 4. The minimum Gasteiger partial charge on any atom is -0.461 e. The van der Waals surface area contributed by atoms with Gasteiger partial charge in [0.05, 0.1) is 31.0 Å². The Morgan fingerprint density at radius 3 is 1.75 bits per heavy atom. The van der Waals surface area contributed by atoms with Gasteiger partial charge in [0.25, 0.3) is 16.6 Å². The number of nitro groups is 2. The fourth-order valence-electron chi connectivity index (χ4n) is 4.52. The summed E-state index contributed by atoms with van der Waals surface area (Å²) in [4.78, 5) is 43.4. The highest BCUT2D eigenvalue weighted by molar-refractivity contribution is 6.68. The van der Waals surface area contributed by atoms with Crippen molar-refractivity contribution in [3.8, 4) is 0 Å². The molecule has 0 saturated carbocycles. The summed E-state index contributed by atoms with van der Waals surface area (Å²) < 4.78 is 11.2. The second-order valence-corrected chi connectivity index (χ2v) is 11.0. The molecule has 13 heteroatoms. The van der Waals surface area contributed by atoms with E-state index >= 15 is 0 Å². The van der Waals surface area contributed by atoms with Gasteiger partial charge < -0.3 is 8.83 Å². The SMILES string of the molecule is C.CCc1cc2ccccc2o1.CCc1oc2ccccc2c1C(=O)c1ccc([N+](=O)[O-])cc1Cl.O=C(Cl)c1ccc([N+](=O)[O-])cc1Cl. The number of para-hydroxylation sites is 2. The maximum atomic E-state index is 12.9. The molecule has 0 radical (unpaired) electrons. The van der Waals surface area contributed by atoms with Crippen molar-refractivity contribution >= 4 is 79.1 Å². The van der Waals surface area contributed by atoms with Crippen LogP contribution in [0.25, 0.3) is 21.9 Å². The lowest BCUT2D eigenvalue weighted by atomic mass is 9.99. The number of carbonyl (C=O) groups is 2. The van der Waals surface area contributed by atoms with Gasteiger partial charge in [-0.3, -0.25) is 29.8 Å². The Kier molecular flexibility index (Phi) is 13.0. The van der Waals surface area contributed by atoms with Gasteiger partial charge in [0, 0.05) is 53.4 Å². The summed E-state index contributed by atoms with van der Waals surface area (Å²) in [5, 5.41) is 22.3. The van der Waals surface area contributed by atoms with Crippen LogP contribution in [-0.2, 0) is 12.8 Å². The van der Waals surface area contributed by atoms with E-state index in [1.807, 2.05) is 43.3 Å². The van der Waals surface area contributed by atoms with Gasteiger partial charge in [0.15, 0.2) is 5.78 Å². The summed E-state index contributed by atoms with van der Waals surface area (Å²) in [5.41, 5.74) is 2.03. The zero-order chi connectivity index (χ0) is 34.2. The molecule has 0 amide bonds. The lowest BCUT2D eigenvalue weighted by Gasteiger charge is -2.04. The smallest absolute Gasteiger partial charge is 0.270 e. The number of carbonyl (C=O) groups excluding carboxylic acids is 2. The van der Waals surface area contributed by atoms with Crippen LogP contribution in [-0.4, -0.2) is 20.9 Å². The molecular formula is C35H29Cl3N2O8. The first-order valence-electron chi connectivity index (χ1n) is 14.0. The van der Waals surface area contributed by atoms with Gasteiger partial charge in [-0.15, -0.1) is 0 Å². The summed E-state index contributed by atoms with van der Waals surface area (Å²) in [6, 6.07) is 24.7. The average Bonchev–Trinajstić information content (AvgIpc) is 3.66. The molecule has 0 unspecified atom stereocenters. The van der Waals surface area contributed by atoms with Crippen LogP contribution in [0.3, 0.4) is 0 Å². The molecule has 0 aliphatic carbocycles. The van der Waals surface area contributed by atoms with Gasteiger partial charge in [0.1, 0.15) is 22.7 Å². The third-order valence-corrected chi connectivity index (χ3v) is 7.65. The van der Waals surface area contributed by atoms with Gasteiger partial charge in [-0.25, -0.2) is 0 Å². The van der Waals surface area contributed by atoms with Gasteiger partial charge in [-0.1, -0.05) is 80.9 Å². The van der Waals surface area contributed by atoms with Crippen molar-refractivity contribution in [3.05, 3.63) is 149 Å². The van der Waals surface area contributed by atoms with E-state index in [9.17, 15) is 29.8 Å². The number of rotatable bonds is 7. The number of halogens is 3. The van der Waals surface area contributed by atoms with E-state index in [-0.39, 0.29) is 45.8 Å². The molecule has 2 aromatic heterocycles. The zero-order valence-corrected chi connectivity index (χ0v) is 27.1. The number of ketones is 1. The van der Waals surface area contributed by atoms with Crippen LogP contribution < -0.4 is 0 Å². The predicted molar refractivity (Wildman–Crippen MR) is 188 cm³/mol. The minimum absolute atomic E-state index is 0. The first-order valence-corrected chi connectivity index (χ1v) is 15.2. The van der Waals surface area contributed by atoms with Crippen LogP contribution in [0.15, 0.2) is 99.8 Å². The Morgan fingerprint density at radius 1 is 0.708 bits per heavy atom. The fourth-order valence-corrected chi connectivity index (χ4v) is 5.25. The summed E-state index contributed by atoms with van der Waals surface area (Å²) >= 11 is 16.8. The molecule has 0 fully saturated rings. The van der Waals surface area contributed by atoms with Gasteiger partial charge in [0.2, 0.25) is 0 Å². The first-order chi connectivity index (χ1) is 22.4. The molecule has 6 rings (SSSR count). The molecule has 0 aliphatic heterocycles. The van der Waals surface area contributed by atoms with Crippen molar-refractivity contribution in [2.45, 2.75) is 34.1 Å². The summed E-state index contributed by atoms with van der Waals surface area (Å²) in [6.07, 6.45) is 1.52. The fraction of sp³-hybridized carbons (Fsp3) is 0.143. The van der Waals surface area contributed by atoms with E-state index in [2.05, 4.69) is 19.1 Å². The third-order valence-electron chi connectivity index (χ3n) is 6.82. The number of fused-ring (bicyclic) bond motifs is 2. The largest absolute Gasteiger partial charge is 0.461 e. The molecule has 0 aliphatic rings. The van der Waals surface area contributed by atoms with Crippen molar-refractivity contribution in [2.24, 2.45) is 0 Å². The second kappa shape index (κ2) is 16.7. The molecule has 0 atom stereocenters. The Labute approximate surface area is 290 Å². The number of nitrogens with zero attached hydrogens (tertiary/aromatic N) is 2. The van der Waals surface area contributed by atoms with E-state index in [0.29, 0.717) is 28.7 Å². The highest BCUT2D eigenvalue weighted by Crippen LogP contribution is 2.32. The van der Waals surface area contributed by atoms with Crippen LogP contribution >= 0.6 is 34.8 Å². The van der Waals surface area contributed by atoms with Crippen molar-refractivity contribution in [2.75, 3.05) is 0 Å². The zero-order valence-electron chi connectivity index (χ0n) is 24.9. The summed E-state index contributed by atoms with van der Waals surface area (Å²) in [7, 11) is 0. The Morgan fingerprint density at radius 2 is 1.25 bits per heavy atom. The first kappa shape index (κ1) is 37.4. The Bertz CT molecular complexity index is 2090. The van der Waals surface area contributed by atoms with Crippen LogP contribution in [0.2, 0.25) is 10.0 Å². The Hall–Kier alpha value is -5.03. The molecule has 248 valence electrons. The van der Waals surface area contributed by atoms with Gasteiger partial charge in [-0.2, -0.15) is 0 Å². The van der Waals surface area contributed by atoms with Crippen molar-refractivity contribution < 1.29 is 28.3 Å². The number of hydrogen-bond donors (Lipinski definition) is 0. The van der Waals surface area contributed by atoms with Crippen LogP contribution in [0.5, 0.6) is 0 Å². The number of non-ortho nitro benzene ring substituents is 2. The highest BCUT2D eigenvalue weighted by atomic mass is 35.5. The van der Waals surface area contributed by atoms with Gasteiger partial charge in [-0.05, 0) is 41.9 Å². The molecular weight excluding hydrogens is 683 g/mol. The molecule has 0 N–H and O–H groups in total. The molecule has 0 bridgehead atoms. The van der Waals surface area contributed by atoms with E-state index in [1.165, 1.54) is 35.7 Å². The molecule has 2 heterocycles. The molecule has 0 spiro atoms. The normalized spacial score (nSPS) is 10.3. The average molecular weight is 712 g/mol. The van der Waals surface area contributed by atoms with Gasteiger partial charge >= 0.3 is 0 Å². The summed E-state index contributed by atoms with van der Waals surface area (Å²) in [5.74, 6) is 1.34. The Balaban J connectivity index is 0.000000212. The highest BCUT2D eigenvalue weighted by Gasteiger charge is 2.23. The predicted octanol–water partition coefficient (Wildman–Crippen LogP) is 11.0. The minimum atomic E-state index is -0.736. The maximum Gasteiger partial charge on any atom is 0.270 e. The van der Waals surface area contributed by atoms with E-state index < -0.39 is 15.1 Å². The number of hydrogen-bond acceptors (Lipinski definition) is 8. The monoisotopic (exact) mass is 710 g/mol. The molecule has 6 aromatic rings. The quantitative estimate of drug-likeness (QED) is 0.0688. The van der Waals surface area contributed by atoms with Crippen molar-refractivity contribution in [1.29, 1.82) is 0 Å². The number of furan rings is 2. The third kappa shape index (κ3) is 8.65. The molecule has 0 saturated heterocycles. The topological polar surface area (TPSA) is 147 Å². The van der Waals surface area contributed by atoms with E-state index in [1.54, 1.807) is 6.07 Å². The van der Waals surface area contributed by atoms with E-state index in [0.717, 1.165) is 23.8 Å². The van der Waals surface area contributed by atoms with Crippen LogP contribution in [0, 0.1) is 20.2 Å². The standard InChI is InChI=1S/C17H12ClNO4.C10H10O.C7H3Cl2NO3.CH4/c1-2-14-16(12-5-3-4-6-15(12)23-14)17(20)11-8-7-10(19(21)22)9-13(11)18;1-2-9-7-8-5-3-4-6-10(8)11-9;8-6-3-4(10(12)13)1-2-5(6)7(9)11;/h3-9H,2H2,1H3;3-7H,2H2,1H3;1-3H;1H4. The van der Waals surface area contributed by atoms with Crippen LogP contribution in [0.4, 0.5) is 11.4 Å². The van der Waals surface area contributed by atoms with Crippen molar-refractivity contribution in [3.63, 3.8) is 0 Å². The van der Waals surface area contributed by atoms with E-state index in [4.69, 9.17) is 43.6 Å². The molecule has 10 nitrogen and oxygen atoms in total. The second-order valence-electron chi connectivity index (χ2n) is 9.80. The lowest BCUT2D eigenvalue weighted by molar-refractivity contribution is -0.385. The van der Waals surface area contributed by atoms with Crippen molar-refractivity contribution in [1.82, 2.24) is 0 Å². The van der Waals surface area contributed by atoms with Crippen LogP contribution in [0.1, 0.15) is 59.1 Å². The number of nitro benzene ring substituents is 2. The maximum absolute atomic E-state index is 12.9. The summed E-state index contributed by atoms with van der Waals surface area (Å²) in [6.45, 7) is 3.99.